The van der Waals surface area contributed by atoms with Crippen LogP contribution in [-0.2, 0) is 9.53 Å². The maximum atomic E-state index is 14.4. The van der Waals surface area contributed by atoms with E-state index < -0.39 is 0 Å². The Morgan fingerprint density at radius 3 is 2.31 bits per heavy atom. The number of anilines is 1. The number of hydrogen-bond donors (Lipinski definition) is 3. The standard InChI is InChI=1S/C43H71N5O3/c1-28-37(42(49)45-25-38-29(2)41(30(3)46-43(38)50)32-15-11-8-12-16-32)23-34(24-40(28)48(6)36-17-19-51-20-18-36)39-26-44-35(27-47(4)5)22-33(39)21-31-13-9-7-10-14-31/h23-24,29-33,35-36,38-39,41,44H,7-22,25-27H2,1-6H3,(H,45,49)(H,46,50)/t29?,30?,33?,35?,38-,39?,41?/m1/s1. The second kappa shape index (κ2) is 17.8. The van der Waals surface area contributed by atoms with E-state index in [0.717, 1.165) is 56.2 Å². The number of rotatable bonds is 11. The van der Waals surface area contributed by atoms with Crippen LogP contribution in [0.4, 0.5) is 5.69 Å². The molecule has 3 aliphatic heterocycles. The number of nitrogens with zero attached hydrogens (tertiary/aromatic N) is 2. The number of carbonyl (C=O) groups is 2. The van der Waals surface area contributed by atoms with E-state index in [9.17, 15) is 9.59 Å². The summed E-state index contributed by atoms with van der Waals surface area (Å²) >= 11 is 0. The topological polar surface area (TPSA) is 85.9 Å². The molecule has 1 aromatic rings. The number of nitrogens with one attached hydrogen (secondary N) is 3. The van der Waals surface area contributed by atoms with E-state index >= 15 is 0 Å². The van der Waals surface area contributed by atoms with Gasteiger partial charge in [-0.1, -0.05) is 71.1 Å². The second-order valence-electron chi connectivity index (χ2n) is 17.8. The average molecular weight is 706 g/mol. The van der Waals surface area contributed by atoms with Crippen LogP contribution in [0.5, 0.6) is 0 Å². The summed E-state index contributed by atoms with van der Waals surface area (Å²) in [5.74, 6) is 2.97. The summed E-state index contributed by atoms with van der Waals surface area (Å²) in [7, 11) is 6.58. The maximum absolute atomic E-state index is 14.4. The monoisotopic (exact) mass is 706 g/mol. The van der Waals surface area contributed by atoms with E-state index in [-0.39, 0.29) is 29.7 Å². The van der Waals surface area contributed by atoms with Gasteiger partial charge in [0.05, 0.1) is 5.92 Å². The van der Waals surface area contributed by atoms with Crippen molar-refractivity contribution in [3.8, 4) is 0 Å². The summed E-state index contributed by atoms with van der Waals surface area (Å²) in [5.41, 5.74) is 4.28. The molecule has 5 aliphatic rings. The quantitative estimate of drug-likeness (QED) is 0.232. The van der Waals surface area contributed by atoms with Crippen molar-refractivity contribution in [1.29, 1.82) is 0 Å². The van der Waals surface area contributed by atoms with Gasteiger partial charge in [0.1, 0.15) is 0 Å². The Labute approximate surface area is 310 Å². The average Bonchev–Trinajstić information content (AvgIpc) is 3.12. The van der Waals surface area contributed by atoms with Crippen molar-refractivity contribution in [2.45, 2.75) is 135 Å². The molecule has 5 fully saturated rings. The van der Waals surface area contributed by atoms with Gasteiger partial charge in [-0.25, -0.2) is 0 Å². The normalized spacial score (nSPS) is 31.7. The molecule has 2 amide bonds. The number of likely N-dealkylation sites (N-methyl/N-ethyl adjacent to an activating group) is 1. The van der Waals surface area contributed by atoms with Crippen molar-refractivity contribution in [2.24, 2.45) is 35.5 Å². The highest BCUT2D eigenvalue weighted by Crippen LogP contribution is 2.43. The molecule has 2 aliphatic carbocycles. The molecule has 0 radical (unpaired) electrons. The fourth-order valence-corrected chi connectivity index (χ4v) is 11.3. The van der Waals surface area contributed by atoms with Crippen LogP contribution in [0.2, 0.25) is 0 Å². The van der Waals surface area contributed by atoms with E-state index in [1.165, 1.54) is 88.3 Å². The Bertz CT molecular complexity index is 1300. The van der Waals surface area contributed by atoms with Crippen molar-refractivity contribution in [2.75, 3.05) is 58.9 Å². The first kappa shape index (κ1) is 38.6. The number of amides is 2. The van der Waals surface area contributed by atoms with Crippen LogP contribution < -0.4 is 20.9 Å². The molecule has 6 rings (SSSR count). The Hall–Kier alpha value is -2.16. The van der Waals surface area contributed by atoms with Gasteiger partial charge in [0.25, 0.3) is 5.91 Å². The van der Waals surface area contributed by atoms with E-state index in [2.05, 4.69) is 79.8 Å². The highest BCUT2D eigenvalue weighted by Gasteiger charge is 2.43. The van der Waals surface area contributed by atoms with Crippen molar-refractivity contribution in [1.82, 2.24) is 20.9 Å². The van der Waals surface area contributed by atoms with Crippen LogP contribution in [0.3, 0.4) is 0 Å². The van der Waals surface area contributed by atoms with Gasteiger partial charge in [0.15, 0.2) is 0 Å². The number of hydrogen-bond acceptors (Lipinski definition) is 6. The van der Waals surface area contributed by atoms with Gasteiger partial charge in [-0.15, -0.1) is 0 Å². The van der Waals surface area contributed by atoms with E-state index in [4.69, 9.17) is 4.74 Å². The number of ether oxygens (including phenoxy) is 1. The minimum absolute atomic E-state index is 0.0399. The van der Waals surface area contributed by atoms with Gasteiger partial charge in [-0.2, -0.15) is 0 Å². The third-order valence-electron chi connectivity index (χ3n) is 14.1. The minimum atomic E-state index is -0.207. The summed E-state index contributed by atoms with van der Waals surface area (Å²) in [6, 6.07) is 5.73. The van der Waals surface area contributed by atoms with Crippen LogP contribution >= 0.6 is 0 Å². The summed E-state index contributed by atoms with van der Waals surface area (Å²) in [5, 5.41) is 10.6. The summed E-state index contributed by atoms with van der Waals surface area (Å²) in [4.78, 5) is 32.6. The molecule has 0 spiro atoms. The zero-order valence-corrected chi connectivity index (χ0v) is 33.0. The molecule has 3 heterocycles. The van der Waals surface area contributed by atoms with E-state index in [1.54, 1.807) is 0 Å². The van der Waals surface area contributed by atoms with Crippen LogP contribution in [0, 0.1) is 42.4 Å². The highest BCUT2D eigenvalue weighted by molar-refractivity contribution is 5.98. The van der Waals surface area contributed by atoms with E-state index in [1.807, 2.05) is 0 Å². The summed E-state index contributed by atoms with van der Waals surface area (Å²) in [6.45, 7) is 10.5. The lowest BCUT2D eigenvalue weighted by Crippen LogP contribution is -2.57. The highest BCUT2D eigenvalue weighted by atomic mass is 16.5. The van der Waals surface area contributed by atoms with Crippen molar-refractivity contribution in [3.63, 3.8) is 0 Å². The first-order valence-corrected chi connectivity index (χ1v) is 21.0. The van der Waals surface area contributed by atoms with Gasteiger partial charge in [0, 0.05) is 69.3 Å². The van der Waals surface area contributed by atoms with Crippen molar-refractivity contribution < 1.29 is 14.3 Å². The number of carbonyl (C=O) groups excluding carboxylic acids is 2. The van der Waals surface area contributed by atoms with Crippen LogP contribution in [0.1, 0.15) is 131 Å². The lowest BCUT2D eigenvalue weighted by atomic mass is 9.66. The fourth-order valence-electron chi connectivity index (χ4n) is 11.3. The van der Waals surface area contributed by atoms with Gasteiger partial charge < -0.3 is 30.5 Å². The molecule has 8 nitrogen and oxygen atoms in total. The molecule has 1 aromatic carbocycles. The smallest absolute Gasteiger partial charge is 0.251 e. The van der Waals surface area contributed by atoms with Crippen LogP contribution in [-0.4, -0.2) is 88.8 Å². The van der Waals surface area contributed by atoms with Crippen LogP contribution in [0.25, 0.3) is 0 Å². The zero-order valence-electron chi connectivity index (χ0n) is 33.0. The first-order chi connectivity index (χ1) is 24.6. The molecule has 6 unspecified atom stereocenters. The molecule has 0 bridgehead atoms. The zero-order chi connectivity index (χ0) is 36.1. The van der Waals surface area contributed by atoms with Gasteiger partial charge >= 0.3 is 0 Å². The second-order valence-corrected chi connectivity index (χ2v) is 17.8. The van der Waals surface area contributed by atoms with Gasteiger partial charge in [0.2, 0.25) is 5.91 Å². The van der Waals surface area contributed by atoms with Gasteiger partial charge in [-0.3, -0.25) is 9.59 Å². The molecule has 3 saturated heterocycles. The lowest BCUT2D eigenvalue weighted by Gasteiger charge is -2.45. The Kier molecular flexibility index (Phi) is 13.4. The molecule has 7 atom stereocenters. The molecule has 0 aromatic heterocycles. The summed E-state index contributed by atoms with van der Waals surface area (Å²) in [6.07, 6.45) is 17.8. The summed E-state index contributed by atoms with van der Waals surface area (Å²) < 4.78 is 5.74. The van der Waals surface area contributed by atoms with Crippen molar-refractivity contribution >= 4 is 17.5 Å². The Morgan fingerprint density at radius 1 is 0.941 bits per heavy atom. The first-order valence-electron chi connectivity index (χ1n) is 21.0. The SMILES string of the molecule is Cc1c(C(=O)NC[C@H]2C(=O)NC(C)C(C3CCCCC3)C2C)cc(C2CNC(CN(C)C)CC2CC2CCCCC2)cc1N(C)C1CCOCC1. The molecular weight excluding hydrogens is 635 g/mol. The lowest BCUT2D eigenvalue weighted by molar-refractivity contribution is -0.133. The molecule has 8 heteroatoms. The number of benzene rings is 1. The predicted molar refractivity (Wildman–Crippen MR) is 208 cm³/mol. The van der Waals surface area contributed by atoms with Crippen molar-refractivity contribution in [3.05, 3.63) is 28.8 Å². The molecule has 286 valence electrons. The maximum Gasteiger partial charge on any atom is 0.251 e. The molecule has 51 heavy (non-hydrogen) atoms. The molecule has 2 saturated carbocycles. The molecular formula is C43H71N5O3. The Morgan fingerprint density at radius 2 is 1.63 bits per heavy atom. The third-order valence-corrected chi connectivity index (χ3v) is 14.1. The van der Waals surface area contributed by atoms with Crippen LogP contribution in [0.15, 0.2) is 12.1 Å². The fraction of sp³-hybridized carbons (Fsp3) is 0.814. The number of piperidine rings is 2. The Balaban J connectivity index is 1.27. The van der Waals surface area contributed by atoms with E-state index in [0.29, 0.717) is 42.3 Å². The third kappa shape index (κ3) is 9.32. The largest absolute Gasteiger partial charge is 0.381 e. The molecule has 3 N–H and O–H groups in total. The minimum Gasteiger partial charge on any atom is -0.381 e. The van der Waals surface area contributed by atoms with Gasteiger partial charge in [-0.05, 0) is 112 Å². The predicted octanol–water partition coefficient (Wildman–Crippen LogP) is 6.90.